The topological polar surface area (TPSA) is 119 Å². The number of benzene rings is 1. The smallest absolute Gasteiger partial charge is 0.348 e. The van der Waals surface area contributed by atoms with Crippen LogP contribution in [0.4, 0.5) is 5.82 Å². The molecule has 136 valence electrons. The van der Waals surface area contributed by atoms with E-state index in [-0.39, 0.29) is 18.5 Å². The van der Waals surface area contributed by atoms with Gasteiger partial charge in [-0.1, -0.05) is 18.2 Å². The molecular weight excluding hydrogens is 336 g/mol. The lowest BCUT2D eigenvalue weighted by Gasteiger charge is -2.39. The summed E-state index contributed by atoms with van der Waals surface area (Å²) >= 11 is 0. The number of rotatable bonds is 5. The zero-order valence-corrected chi connectivity index (χ0v) is 14.4. The summed E-state index contributed by atoms with van der Waals surface area (Å²) in [6.07, 6.45) is 3.39. The first-order chi connectivity index (χ1) is 12.4. The quantitative estimate of drug-likeness (QED) is 0.831. The summed E-state index contributed by atoms with van der Waals surface area (Å²) in [7, 11) is 0. The van der Waals surface area contributed by atoms with Gasteiger partial charge in [-0.25, -0.2) is 9.78 Å². The third kappa shape index (κ3) is 3.44. The van der Waals surface area contributed by atoms with E-state index in [1.54, 1.807) is 6.07 Å². The van der Waals surface area contributed by atoms with E-state index in [0.29, 0.717) is 24.7 Å². The summed E-state index contributed by atoms with van der Waals surface area (Å²) in [6.45, 7) is 2.70. The van der Waals surface area contributed by atoms with Gasteiger partial charge in [0.1, 0.15) is 17.3 Å². The van der Waals surface area contributed by atoms with Crippen molar-refractivity contribution in [2.75, 3.05) is 18.0 Å². The Hall–Kier alpha value is -3.16. The molecule has 1 aromatic carbocycles. The summed E-state index contributed by atoms with van der Waals surface area (Å²) in [5.74, 6) is -0.577. The highest BCUT2D eigenvalue weighted by Crippen LogP contribution is 2.32. The number of carbonyl (C=O) groups excluding carboxylic acids is 1. The second-order valence-corrected chi connectivity index (χ2v) is 6.28. The zero-order chi connectivity index (χ0) is 18.7. The van der Waals surface area contributed by atoms with Crippen molar-refractivity contribution in [3.8, 4) is 5.75 Å². The normalized spacial score (nSPS) is 16.1. The van der Waals surface area contributed by atoms with Crippen molar-refractivity contribution in [2.24, 2.45) is 5.73 Å². The lowest BCUT2D eigenvalue weighted by molar-refractivity contribution is -0.157. The predicted octanol–water partition coefficient (Wildman–Crippen LogP) is 1.39. The molecule has 0 bridgehead atoms. The Labute approximate surface area is 150 Å². The molecule has 2 aromatic rings. The highest BCUT2D eigenvalue weighted by molar-refractivity contribution is 5.90. The summed E-state index contributed by atoms with van der Waals surface area (Å²) in [5.41, 5.74) is 4.91. The van der Waals surface area contributed by atoms with Gasteiger partial charge >= 0.3 is 5.97 Å². The van der Waals surface area contributed by atoms with E-state index in [0.717, 1.165) is 5.56 Å². The second kappa shape index (κ2) is 6.99. The fourth-order valence-corrected chi connectivity index (χ4v) is 2.96. The van der Waals surface area contributed by atoms with E-state index in [2.05, 4.69) is 9.97 Å². The number of piperidine rings is 1. The minimum Gasteiger partial charge on any atom is -0.478 e. The SMILES string of the molecule is Cc1ccccc1OC1(C(=O)O)CCN(c2cncc(C(N)=O)n2)CC1. The zero-order valence-electron chi connectivity index (χ0n) is 14.4. The second-order valence-electron chi connectivity index (χ2n) is 6.28. The van der Waals surface area contributed by atoms with Crippen LogP contribution in [0.1, 0.15) is 28.9 Å². The number of hydrogen-bond acceptors (Lipinski definition) is 6. The molecule has 0 radical (unpaired) electrons. The molecule has 1 amide bonds. The molecular formula is C18H20N4O4. The number of hydrogen-bond donors (Lipinski definition) is 2. The number of amides is 1. The van der Waals surface area contributed by atoms with Crippen molar-refractivity contribution in [3.05, 3.63) is 47.9 Å². The molecule has 26 heavy (non-hydrogen) atoms. The molecule has 3 rings (SSSR count). The molecule has 1 aliphatic heterocycles. The number of aliphatic carboxylic acids is 1. The Balaban J connectivity index is 1.78. The minimum atomic E-state index is -1.29. The van der Waals surface area contributed by atoms with Gasteiger partial charge in [0, 0.05) is 25.9 Å². The van der Waals surface area contributed by atoms with Gasteiger partial charge in [-0.05, 0) is 18.6 Å². The third-order valence-corrected chi connectivity index (χ3v) is 4.56. The molecule has 0 aliphatic carbocycles. The van der Waals surface area contributed by atoms with Gasteiger partial charge in [0.2, 0.25) is 5.60 Å². The number of aryl methyl sites for hydroxylation is 1. The van der Waals surface area contributed by atoms with Gasteiger partial charge in [-0.15, -0.1) is 0 Å². The van der Waals surface area contributed by atoms with E-state index in [9.17, 15) is 14.7 Å². The highest BCUT2D eigenvalue weighted by atomic mass is 16.5. The van der Waals surface area contributed by atoms with Crippen LogP contribution < -0.4 is 15.4 Å². The third-order valence-electron chi connectivity index (χ3n) is 4.56. The van der Waals surface area contributed by atoms with E-state index < -0.39 is 17.5 Å². The number of carboxylic acids is 1. The maximum atomic E-state index is 11.9. The van der Waals surface area contributed by atoms with Crippen LogP contribution in [0.15, 0.2) is 36.7 Å². The van der Waals surface area contributed by atoms with Crippen LogP contribution in [0.5, 0.6) is 5.75 Å². The van der Waals surface area contributed by atoms with Gasteiger partial charge in [0.25, 0.3) is 5.91 Å². The molecule has 0 unspecified atom stereocenters. The average Bonchev–Trinajstić information content (AvgIpc) is 2.64. The molecule has 1 aromatic heterocycles. The summed E-state index contributed by atoms with van der Waals surface area (Å²) in [4.78, 5) is 33.3. The Bertz CT molecular complexity index is 831. The Morgan fingerprint density at radius 3 is 2.54 bits per heavy atom. The minimum absolute atomic E-state index is 0.0775. The number of primary amides is 1. The van der Waals surface area contributed by atoms with Gasteiger partial charge in [0.15, 0.2) is 0 Å². The monoisotopic (exact) mass is 356 g/mol. The molecule has 1 fully saturated rings. The first-order valence-electron chi connectivity index (χ1n) is 8.26. The summed E-state index contributed by atoms with van der Waals surface area (Å²) in [6, 6.07) is 7.35. The molecule has 1 saturated heterocycles. The number of nitrogens with zero attached hydrogens (tertiary/aromatic N) is 3. The van der Waals surface area contributed by atoms with Crippen LogP contribution >= 0.6 is 0 Å². The molecule has 0 saturated carbocycles. The highest BCUT2D eigenvalue weighted by Gasteiger charge is 2.44. The van der Waals surface area contributed by atoms with E-state index in [4.69, 9.17) is 10.5 Å². The number of anilines is 1. The van der Waals surface area contributed by atoms with Crippen molar-refractivity contribution < 1.29 is 19.4 Å². The number of nitrogens with two attached hydrogens (primary N) is 1. The number of aromatic nitrogens is 2. The molecule has 8 heteroatoms. The van der Waals surface area contributed by atoms with Crippen molar-refractivity contribution in [1.29, 1.82) is 0 Å². The van der Waals surface area contributed by atoms with Gasteiger partial charge < -0.3 is 20.5 Å². The van der Waals surface area contributed by atoms with Crippen molar-refractivity contribution in [2.45, 2.75) is 25.4 Å². The fourth-order valence-electron chi connectivity index (χ4n) is 2.96. The standard InChI is InChI=1S/C18H20N4O4/c1-12-4-2-3-5-14(12)26-18(17(24)25)6-8-22(9-7-18)15-11-20-10-13(21-15)16(19)23/h2-5,10-11H,6-9H2,1H3,(H2,19,23)(H,24,25). The fraction of sp³-hybridized carbons (Fsp3) is 0.333. The first kappa shape index (κ1) is 17.7. The molecule has 0 spiro atoms. The maximum absolute atomic E-state index is 11.9. The van der Waals surface area contributed by atoms with Crippen LogP contribution in [0.3, 0.4) is 0 Å². The lowest BCUT2D eigenvalue weighted by Crippen LogP contribution is -2.53. The van der Waals surface area contributed by atoms with Crippen LogP contribution in [-0.4, -0.2) is 45.6 Å². The van der Waals surface area contributed by atoms with E-state index in [1.165, 1.54) is 12.4 Å². The van der Waals surface area contributed by atoms with Crippen LogP contribution in [0.25, 0.3) is 0 Å². The first-order valence-corrected chi connectivity index (χ1v) is 8.26. The molecule has 8 nitrogen and oxygen atoms in total. The summed E-state index contributed by atoms with van der Waals surface area (Å²) < 4.78 is 5.94. The van der Waals surface area contributed by atoms with Gasteiger partial charge in [-0.2, -0.15) is 0 Å². The van der Waals surface area contributed by atoms with Crippen molar-refractivity contribution >= 4 is 17.7 Å². The van der Waals surface area contributed by atoms with E-state index in [1.807, 2.05) is 30.0 Å². The molecule has 2 heterocycles. The van der Waals surface area contributed by atoms with Crippen LogP contribution in [-0.2, 0) is 4.79 Å². The van der Waals surface area contributed by atoms with Gasteiger partial charge in [-0.3, -0.25) is 9.78 Å². The molecule has 0 atom stereocenters. The van der Waals surface area contributed by atoms with E-state index >= 15 is 0 Å². The number of carbonyl (C=O) groups is 2. The largest absolute Gasteiger partial charge is 0.478 e. The number of ether oxygens (including phenoxy) is 1. The van der Waals surface area contributed by atoms with Crippen molar-refractivity contribution in [1.82, 2.24) is 9.97 Å². The maximum Gasteiger partial charge on any atom is 0.348 e. The van der Waals surface area contributed by atoms with Crippen LogP contribution in [0.2, 0.25) is 0 Å². The average molecular weight is 356 g/mol. The lowest BCUT2D eigenvalue weighted by atomic mass is 9.91. The van der Waals surface area contributed by atoms with Crippen molar-refractivity contribution in [3.63, 3.8) is 0 Å². The predicted molar refractivity (Wildman–Crippen MR) is 94.2 cm³/mol. The van der Waals surface area contributed by atoms with Crippen LogP contribution in [0, 0.1) is 6.92 Å². The molecule has 1 aliphatic rings. The van der Waals surface area contributed by atoms with Gasteiger partial charge in [0.05, 0.1) is 12.4 Å². The Morgan fingerprint density at radius 2 is 1.92 bits per heavy atom. The molecule has 3 N–H and O–H groups in total. The number of carboxylic acid groups (broad SMARTS) is 1. The summed E-state index contributed by atoms with van der Waals surface area (Å²) in [5, 5.41) is 9.78. The number of para-hydroxylation sites is 1. The Morgan fingerprint density at radius 1 is 1.23 bits per heavy atom. The Kier molecular flexibility index (Phi) is 4.75.